The number of nitrogens with zero attached hydrogens (tertiary/aromatic N) is 2. The van der Waals surface area contributed by atoms with Crippen LogP contribution in [-0.4, -0.2) is 15.8 Å². The van der Waals surface area contributed by atoms with Gasteiger partial charge in [-0.2, -0.15) is 5.10 Å². The van der Waals surface area contributed by atoms with Crippen molar-refractivity contribution in [1.82, 2.24) is 15.1 Å². The molecule has 3 nitrogen and oxygen atoms in total. The molecule has 110 valence electrons. The van der Waals surface area contributed by atoms with Crippen molar-refractivity contribution in [3.05, 3.63) is 17.0 Å². The van der Waals surface area contributed by atoms with E-state index in [-0.39, 0.29) is 0 Å². The maximum absolute atomic E-state index is 4.61. The zero-order valence-corrected chi connectivity index (χ0v) is 13.7. The quantitative estimate of drug-likeness (QED) is 0.807. The molecule has 1 N–H and O–H groups in total. The van der Waals surface area contributed by atoms with Crippen LogP contribution in [0.4, 0.5) is 0 Å². The van der Waals surface area contributed by atoms with E-state index in [1.54, 1.807) is 0 Å². The van der Waals surface area contributed by atoms with Gasteiger partial charge in [-0.1, -0.05) is 20.3 Å². The van der Waals surface area contributed by atoms with Gasteiger partial charge in [0.1, 0.15) is 0 Å². The molecule has 0 aliphatic heterocycles. The van der Waals surface area contributed by atoms with E-state index in [2.05, 4.69) is 63.6 Å². The van der Waals surface area contributed by atoms with Crippen LogP contribution >= 0.6 is 0 Å². The van der Waals surface area contributed by atoms with Crippen LogP contribution in [0, 0.1) is 19.8 Å². The van der Waals surface area contributed by atoms with Crippen LogP contribution in [0.25, 0.3) is 0 Å². The summed E-state index contributed by atoms with van der Waals surface area (Å²) in [5, 5.41) is 8.34. The first-order chi connectivity index (χ1) is 8.90. The van der Waals surface area contributed by atoms with E-state index >= 15 is 0 Å². The third-order valence-corrected chi connectivity index (χ3v) is 4.16. The Kier molecular flexibility index (Phi) is 6.05. The largest absolute Gasteiger partial charge is 0.308 e. The molecule has 3 unspecified atom stereocenters. The predicted molar refractivity (Wildman–Crippen MR) is 82.5 cm³/mol. The highest BCUT2D eigenvalue weighted by Crippen LogP contribution is 2.22. The van der Waals surface area contributed by atoms with E-state index in [1.165, 1.54) is 24.1 Å². The Hall–Kier alpha value is -0.830. The van der Waals surface area contributed by atoms with E-state index in [1.807, 2.05) is 0 Å². The lowest BCUT2D eigenvalue weighted by Gasteiger charge is -2.23. The second kappa shape index (κ2) is 7.09. The second-order valence-corrected chi connectivity index (χ2v) is 5.94. The Morgan fingerprint density at radius 3 is 2.26 bits per heavy atom. The van der Waals surface area contributed by atoms with Gasteiger partial charge in [-0.25, -0.2) is 0 Å². The Morgan fingerprint density at radius 1 is 1.16 bits per heavy atom. The van der Waals surface area contributed by atoms with E-state index < -0.39 is 0 Å². The zero-order chi connectivity index (χ0) is 14.6. The molecule has 19 heavy (non-hydrogen) atoms. The zero-order valence-electron chi connectivity index (χ0n) is 13.7. The summed E-state index contributed by atoms with van der Waals surface area (Å²) in [7, 11) is 0. The van der Waals surface area contributed by atoms with Crippen molar-refractivity contribution in [2.45, 2.75) is 79.9 Å². The Labute approximate surface area is 118 Å². The van der Waals surface area contributed by atoms with Gasteiger partial charge < -0.3 is 5.32 Å². The maximum Gasteiger partial charge on any atom is 0.0644 e. The average Bonchev–Trinajstić information content (AvgIpc) is 2.63. The van der Waals surface area contributed by atoms with Crippen LogP contribution in [0.15, 0.2) is 0 Å². The molecule has 0 bridgehead atoms. The predicted octanol–water partition coefficient (Wildman–Crippen LogP) is 4.00. The first kappa shape index (κ1) is 16.2. The van der Waals surface area contributed by atoms with Crippen molar-refractivity contribution in [2.24, 2.45) is 5.92 Å². The van der Waals surface area contributed by atoms with Gasteiger partial charge in [-0.15, -0.1) is 0 Å². The van der Waals surface area contributed by atoms with Crippen molar-refractivity contribution >= 4 is 0 Å². The van der Waals surface area contributed by atoms with Gasteiger partial charge in [0.05, 0.1) is 5.69 Å². The molecule has 1 aromatic heterocycles. The number of aryl methyl sites for hydroxylation is 2. The Morgan fingerprint density at radius 2 is 1.79 bits per heavy atom. The highest BCUT2D eigenvalue weighted by molar-refractivity contribution is 5.27. The smallest absolute Gasteiger partial charge is 0.0644 e. The summed E-state index contributed by atoms with van der Waals surface area (Å²) in [6.45, 7) is 16.5. The second-order valence-electron chi connectivity index (χ2n) is 5.94. The van der Waals surface area contributed by atoms with Gasteiger partial charge in [0.25, 0.3) is 0 Å². The molecule has 1 heterocycles. The fourth-order valence-electron chi connectivity index (χ4n) is 2.99. The molecule has 0 aliphatic carbocycles. The number of hydrogen-bond acceptors (Lipinski definition) is 2. The third kappa shape index (κ3) is 4.07. The number of nitrogens with one attached hydrogen (secondary N) is 1. The van der Waals surface area contributed by atoms with Crippen LogP contribution < -0.4 is 5.32 Å². The van der Waals surface area contributed by atoms with E-state index in [0.29, 0.717) is 12.1 Å². The van der Waals surface area contributed by atoms with Crippen molar-refractivity contribution in [1.29, 1.82) is 0 Å². The van der Waals surface area contributed by atoms with Gasteiger partial charge in [0.2, 0.25) is 0 Å². The molecular formula is C16H31N3. The normalized spacial score (nSPS) is 16.4. The minimum absolute atomic E-state index is 0.374. The minimum atomic E-state index is 0.374. The van der Waals surface area contributed by atoms with E-state index in [9.17, 15) is 0 Å². The van der Waals surface area contributed by atoms with Gasteiger partial charge >= 0.3 is 0 Å². The molecule has 3 atom stereocenters. The number of aromatic nitrogens is 2. The molecule has 1 rings (SSSR count). The van der Waals surface area contributed by atoms with Crippen molar-refractivity contribution in [3.63, 3.8) is 0 Å². The first-order valence-electron chi connectivity index (χ1n) is 7.70. The SMILES string of the molecule is CCC(C)CC(C)NC(C)c1c(C)nn(CC)c1C. The maximum atomic E-state index is 4.61. The highest BCUT2D eigenvalue weighted by Gasteiger charge is 2.18. The summed E-state index contributed by atoms with van der Waals surface area (Å²) in [6, 6.07) is 0.924. The van der Waals surface area contributed by atoms with Crippen LogP contribution in [0.3, 0.4) is 0 Å². The number of hydrogen-bond donors (Lipinski definition) is 1. The molecule has 0 aromatic carbocycles. The summed E-state index contributed by atoms with van der Waals surface area (Å²) in [4.78, 5) is 0. The molecule has 3 heteroatoms. The minimum Gasteiger partial charge on any atom is -0.308 e. The first-order valence-corrected chi connectivity index (χ1v) is 7.70. The van der Waals surface area contributed by atoms with Crippen LogP contribution in [0.2, 0.25) is 0 Å². The molecule has 0 fully saturated rings. The van der Waals surface area contributed by atoms with Crippen LogP contribution in [0.5, 0.6) is 0 Å². The molecule has 0 spiro atoms. The number of rotatable bonds is 7. The summed E-state index contributed by atoms with van der Waals surface area (Å²) >= 11 is 0. The topological polar surface area (TPSA) is 29.9 Å². The Balaban J connectivity index is 2.72. The van der Waals surface area contributed by atoms with Gasteiger partial charge in [0, 0.05) is 29.9 Å². The third-order valence-electron chi connectivity index (χ3n) is 4.16. The fourth-order valence-corrected chi connectivity index (χ4v) is 2.99. The summed E-state index contributed by atoms with van der Waals surface area (Å²) in [6.07, 6.45) is 2.49. The molecule has 0 saturated heterocycles. The average molecular weight is 265 g/mol. The lowest BCUT2D eigenvalue weighted by atomic mass is 9.98. The van der Waals surface area contributed by atoms with Crippen LogP contribution in [-0.2, 0) is 6.54 Å². The lowest BCUT2D eigenvalue weighted by Crippen LogP contribution is -2.31. The summed E-state index contributed by atoms with van der Waals surface area (Å²) in [5.41, 5.74) is 3.84. The van der Waals surface area contributed by atoms with Gasteiger partial charge in [-0.05, 0) is 47.0 Å². The Bertz CT molecular complexity index is 395. The monoisotopic (exact) mass is 265 g/mol. The molecule has 1 aromatic rings. The standard InChI is InChI=1S/C16H31N3/c1-8-11(3)10-12(4)17-13(5)16-14(6)18-19(9-2)15(16)7/h11-13,17H,8-10H2,1-7H3. The molecule has 0 amide bonds. The lowest BCUT2D eigenvalue weighted by molar-refractivity contribution is 0.384. The van der Waals surface area contributed by atoms with E-state index in [4.69, 9.17) is 0 Å². The molecule has 0 saturated carbocycles. The van der Waals surface area contributed by atoms with Crippen molar-refractivity contribution in [3.8, 4) is 0 Å². The van der Waals surface area contributed by atoms with Crippen LogP contribution in [0.1, 0.15) is 70.5 Å². The van der Waals surface area contributed by atoms with E-state index in [0.717, 1.165) is 18.2 Å². The van der Waals surface area contributed by atoms with Crippen molar-refractivity contribution < 1.29 is 0 Å². The molecule has 0 radical (unpaired) electrons. The molecule has 0 aliphatic rings. The highest BCUT2D eigenvalue weighted by atomic mass is 15.3. The fraction of sp³-hybridized carbons (Fsp3) is 0.812. The molecular weight excluding hydrogens is 234 g/mol. The summed E-state index contributed by atoms with van der Waals surface area (Å²) in [5.74, 6) is 0.787. The van der Waals surface area contributed by atoms with Gasteiger partial charge in [0.15, 0.2) is 0 Å². The summed E-state index contributed by atoms with van der Waals surface area (Å²) < 4.78 is 2.10. The van der Waals surface area contributed by atoms with Gasteiger partial charge in [-0.3, -0.25) is 4.68 Å². The van der Waals surface area contributed by atoms with Crippen molar-refractivity contribution in [2.75, 3.05) is 0 Å².